The Labute approximate surface area is 170 Å². The number of nitrogens with zero attached hydrogens (tertiary/aromatic N) is 3. The van der Waals surface area contributed by atoms with Crippen LogP contribution in [0.3, 0.4) is 0 Å². The average molecular weight is 487 g/mol. The van der Waals surface area contributed by atoms with Crippen LogP contribution in [0, 0.1) is 5.41 Å². The molecule has 1 fully saturated rings. The second-order valence-electron chi connectivity index (χ2n) is 6.78. The van der Waals surface area contributed by atoms with E-state index in [1.165, 1.54) is 43.6 Å². The Morgan fingerprint density at radius 2 is 1.92 bits per heavy atom. The molecule has 0 spiro atoms. The molecule has 0 amide bonds. The van der Waals surface area contributed by atoms with Gasteiger partial charge < -0.3 is 10.6 Å². The van der Waals surface area contributed by atoms with Crippen molar-refractivity contribution >= 4 is 29.9 Å². The predicted octanol–water partition coefficient (Wildman–Crippen LogP) is 4.08. The lowest BCUT2D eigenvalue weighted by Crippen LogP contribution is -2.42. The summed E-state index contributed by atoms with van der Waals surface area (Å²) in [6, 6.07) is 0. The number of aryl methyl sites for hydroxylation is 1. The minimum absolute atomic E-state index is 0. The molecule has 1 aliphatic carbocycles. The highest BCUT2D eigenvalue weighted by Gasteiger charge is 2.37. The van der Waals surface area contributed by atoms with Gasteiger partial charge in [0, 0.05) is 31.9 Å². The maximum atomic E-state index is 13.0. The van der Waals surface area contributed by atoms with Crippen molar-refractivity contribution in [2.45, 2.75) is 58.7 Å². The predicted molar refractivity (Wildman–Crippen MR) is 108 cm³/mol. The number of rotatable bonds is 6. The van der Waals surface area contributed by atoms with Gasteiger partial charge in [0.25, 0.3) is 0 Å². The van der Waals surface area contributed by atoms with Crippen LogP contribution in [0.5, 0.6) is 0 Å². The fourth-order valence-corrected chi connectivity index (χ4v) is 3.45. The van der Waals surface area contributed by atoms with Crippen molar-refractivity contribution in [2.24, 2.45) is 17.5 Å². The standard InChI is InChI=1S/C17H28F3N5.HI/c1-4-16(8-6-7-9-16)12-23-15(21-5-2)22-10-13-11-25(3)24-14(13)17(18,19)20;/h11H,4-10,12H2,1-3H3,(H2,21,22,23);1H. The zero-order chi connectivity index (χ0) is 18.5. The second kappa shape index (κ2) is 9.80. The zero-order valence-corrected chi connectivity index (χ0v) is 17.9. The van der Waals surface area contributed by atoms with E-state index >= 15 is 0 Å². The molecule has 0 aliphatic heterocycles. The quantitative estimate of drug-likeness (QED) is 0.361. The minimum atomic E-state index is -4.46. The fourth-order valence-electron chi connectivity index (χ4n) is 3.45. The molecule has 1 heterocycles. The van der Waals surface area contributed by atoms with Gasteiger partial charge in [0.2, 0.25) is 0 Å². The van der Waals surface area contributed by atoms with E-state index in [1.54, 1.807) is 0 Å². The van der Waals surface area contributed by atoms with Gasteiger partial charge in [-0.2, -0.15) is 18.3 Å². The van der Waals surface area contributed by atoms with Crippen LogP contribution in [0.25, 0.3) is 0 Å². The lowest BCUT2D eigenvalue weighted by molar-refractivity contribution is -0.142. The van der Waals surface area contributed by atoms with Gasteiger partial charge in [-0.05, 0) is 31.6 Å². The van der Waals surface area contributed by atoms with E-state index in [4.69, 9.17) is 0 Å². The lowest BCUT2D eigenvalue weighted by Gasteiger charge is -2.28. The van der Waals surface area contributed by atoms with Crippen LogP contribution in [0.15, 0.2) is 11.2 Å². The molecule has 26 heavy (non-hydrogen) atoms. The maximum Gasteiger partial charge on any atom is 0.435 e. The lowest BCUT2D eigenvalue weighted by atomic mass is 9.83. The highest BCUT2D eigenvalue weighted by molar-refractivity contribution is 14.0. The van der Waals surface area contributed by atoms with Crippen molar-refractivity contribution in [1.82, 2.24) is 20.4 Å². The van der Waals surface area contributed by atoms with Gasteiger partial charge in [0.05, 0.1) is 6.54 Å². The first-order chi connectivity index (χ1) is 11.8. The van der Waals surface area contributed by atoms with E-state index in [0.717, 1.165) is 13.0 Å². The summed E-state index contributed by atoms with van der Waals surface area (Å²) in [6.45, 7) is 5.53. The van der Waals surface area contributed by atoms with E-state index in [-0.39, 0.29) is 41.5 Å². The molecule has 1 aromatic heterocycles. The third-order valence-electron chi connectivity index (χ3n) is 4.97. The number of hydrogen-bond acceptors (Lipinski definition) is 2. The Morgan fingerprint density at radius 3 is 2.46 bits per heavy atom. The molecule has 0 radical (unpaired) electrons. The second-order valence-corrected chi connectivity index (χ2v) is 6.78. The minimum Gasteiger partial charge on any atom is -0.357 e. The van der Waals surface area contributed by atoms with Crippen LogP contribution in [-0.2, 0) is 19.8 Å². The zero-order valence-electron chi connectivity index (χ0n) is 15.6. The Bertz CT molecular complexity index is 592. The number of aliphatic imine (C=N–C) groups is 1. The number of hydrogen-bond donors (Lipinski definition) is 2. The maximum absolute atomic E-state index is 13.0. The highest BCUT2D eigenvalue weighted by Crippen LogP contribution is 2.40. The van der Waals surface area contributed by atoms with E-state index in [2.05, 4.69) is 27.6 Å². The van der Waals surface area contributed by atoms with Crippen LogP contribution in [-0.4, -0.2) is 28.8 Å². The number of halogens is 4. The summed E-state index contributed by atoms with van der Waals surface area (Å²) in [5.41, 5.74) is -0.504. The van der Waals surface area contributed by atoms with E-state index in [0.29, 0.717) is 12.5 Å². The van der Waals surface area contributed by atoms with Gasteiger partial charge in [-0.1, -0.05) is 19.8 Å². The first-order valence-electron chi connectivity index (χ1n) is 8.91. The molecule has 1 aliphatic rings. The molecule has 5 nitrogen and oxygen atoms in total. The summed E-state index contributed by atoms with van der Waals surface area (Å²) in [5, 5.41) is 9.95. The van der Waals surface area contributed by atoms with E-state index in [9.17, 15) is 13.2 Å². The molecule has 2 rings (SSSR count). The van der Waals surface area contributed by atoms with Crippen molar-refractivity contribution in [1.29, 1.82) is 0 Å². The highest BCUT2D eigenvalue weighted by atomic mass is 127. The SMILES string of the molecule is CCNC(=NCc1cn(C)nc1C(F)(F)F)NCC1(CC)CCCC1.I. The van der Waals surface area contributed by atoms with E-state index < -0.39 is 11.9 Å². The molecule has 1 aromatic rings. The van der Waals surface area contributed by atoms with Crippen molar-refractivity contribution in [3.05, 3.63) is 17.5 Å². The normalized spacial score (nSPS) is 17.1. The summed E-state index contributed by atoms with van der Waals surface area (Å²) in [4.78, 5) is 4.34. The van der Waals surface area contributed by atoms with Gasteiger partial charge in [-0.3, -0.25) is 4.68 Å². The average Bonchev–Trinajstić information content (AvgIpc) is 3.17. The van der Waals surface area contributed by atoms with Crippen LogP contribution in [0.1, 0.15) is 57.2 Å². The fraction of sp³-hybridized carbons (Fsp3) is 0.765. The number of alkyl halides is 3. The molecule has 0 aromatic carbocycles. The summed E-state index contributed by atoms with van der Waals surface area (Å²) in [6.07, 6.45) is 2.88. The summed E-state index contributed by atoms with van der Waals surface area (Å²) in [7, 11) is 1.48. The topological polar surface area (TPSA) is 54.2 Å². The van der Waals surface area contributed by atoms with Crippen LogP contribution < -0.4 is 10.6 Å². The van der Waals surface area contributed by atoms with Crippen LogP contribution in [0.2, 0.25) is 0 Å². The van der Waals surface area contributed by atoms with Gasteiger partial charge >= 0.3 is 6.18 Å². The van der Waals surface area contributed by atoms with Crippen molar-refractivity contribution in [2.75, 3.05) is 13.1 Å². The van der Waals surface area contributed by atoms with Gasteiger partial charge in [0.1, 0.15) is 0 Å². The monoisotopic (exact) mass is 487 g/mol. The molecule has 0 unspecified atom stereocenters. The van der Waals surface area contributed by atoms with Gasteiger partial charge in [0.15, 0.2) is 11.7 Å². The first kappa shape index (κ1) is 23.0. The number of nitrogens with one attached hydrogen (secondary N) is 2. The molecule has 0 atom stereocenters. The van der Waals surface area contributed by atoms with Crippen molar-refractivity contribution in [3.63, 3.8) is 0 Å². The third kappa shape index (κ3) is 6.02. The first-order valence-corrected chi connectivity index (χ1v) is 8.91. The van der Waals surface area contributed by atoms with Crippen molar-refractivity contribution in [3.8, 4) is 0 Å². The molecular formula is C17H29F3IN5. The Balaban J connectivity index is 0.00000338. The molecule has 0 bridgehead atoms. The van der Waals surface area contributed by atoms with Gasteiger partial charge in [-0.15, -0.1) is 24.0 Å². The van der Waals surface area contributed by atoms with Crippen LogP contribution >= 0.6 is 24.0 Å². The van der Waals surface area contributed by atoms with E-state index in [1.807, 2.05) is 6.92 Å². The molecular weight excluding hydrogens is 458 g/mol. The van der Waals surface area contributed by atoms with Crippen LogP contribution in [0.4, 0.5) is 13.2 Å². The molecule has 1 saturated carbocycles. The molecule has 9 heteroatoms. The Morgan fingerprint density at radius 1 is 1.27 bits per heavy atom. The Kier molecular flexibility index (Phi) is 8.68. The van der Waals surface area contributed by atoms with Crippen molar-refractivity contribution < 1.29 is 13.2 Å². The smallest absolute Gasteiger partial charge is 0.357 e. The largest absolute Gasteiger partial charge is 0.435 e. The Hall–Kier alpha value is -1.00. The summed E-state index contributed by atoms with van der Waals surface area (Å²) >= 11 is 0. The summed E-state index contributed by atoms with van der Waals surface area (Å²) < 4.78 is 40.3. The molecule has 2 N–H and O–H groups in total. The summed E-state index contributed by atoms with van der Waals surface area (Å²) in [5.74, 6) is 0.555. The third-order valence-corrected chi connectivity index (χ3v) is 4.97. The number of aromatic nitrogens is 2. The molecule has 0 saturated heterocycles. The molecule has 150 valence electrons. The van der Waals surface area contributed by atoms with Gasteiger partial charge in [-0.25, -0.2) is 4.99 Å². The number of guanidine groups is 1.